The minimum atomic E-state index is -0.471. The van der Waals surface area contributed by atoms with Crippen molar-refractivity contribution in [2.45, 2.75) is 20.3 Å². The van der Waals surface area contributed by atoms with E-state index >= 15 is 0 Å². The van der Waals surface area contributed by atoms with Gasteiger partial charge in [-0.1, -0.05) is 11.3 Å². The molecule has 0 spiro atoms. The number of carbonyl (C=O) groups is 1. The van der Waals surface area contributed by atoms with E-state index in [1.165, 1.54) is 41.2 Å². The van der Waals surface area contributed by atoms with Crippen LogP contribution in [0.5, 0.6) is 0 Å². The number of anilines is 1. The van der Waals surface area contributed by atoms with Crippen LogP contribution >= 0.6 is 23.7 Å². The number of nitro groups is 1. The first kappa shape index (κ1) is 23.7. The van der Waals surface area contributed by atoms with E-state index in [9.17, 15) is 14.9 Å². The third-order valence-corrected chi connectivity index (χ3v) is 5.82. The first-order valence-electron chi connectivity index (χ1n) is 9.35. The van der Waals surface area contributed by atoms with Crippen molar-refractivity contribution in [2.75, 3.05) is 32.1 Å². The molecule has 0 aliphatic carbocycles. The van der Waals surface area contributed by atoms with Crippen molar-refractivity contribution in [1.82, 2.24) is 9.88 Å². The summed E-state index contributed by atoms with van der Waals surface area (Å²) >= 11 is 1.49. The zero-order valence-corrected chi connectivity index (χ0v) is 19.0. The molecular formula is C21H25ClN4O3S. The van der Waals surface area contributed by atoms with Crippen molar-refractivity contribution in [3.05, 3.63) is 63.2 Å². The molecule has 0 saturated carbocycles. The maximum atomic E-state index is 13.2. The first-order chi connectivity index (χ1) is 13.8. The molecule has 1 heterocycles. The van der Waals surface area contributed by atoms with Crippen LogP contribution in [0, 0.1) is 24.0 Å². The van der Waals surface area contributed by atoms with E-state index in [2.05, 4.69) is 17.9 Å². The van der Waals surface area contributed by atoms with Crippen molar-refractivity contribution in [3.8, 4) is 0 Å². The molecule has 0 aliphatic heterocycles. The predicted octanol–water partition coefficient (Wildman–Crippen LogP) is 4.84. The van der Waals surface area contributed by atoms with Crippen LogP contribution in [0.1, 0.15) is 27.9 Å². The maximum absolute atomic E-state index is 13.2. The molecule has 0 unspecified atom stereocenters. The number of nitro benzene ring substituents is 1. The van der Waals surface area contributed by atoms with E-state index in [1.54, 1.807) is 4.90 Å². The molecule has 1 aromatic heterocycles. The van der Waals surface area contributed by atoms with E-state index in [0.29, 0.717) is 17.2 Å². The molecule has 2 aromatic carbocycles. The molecule has 0 atom stereocenters. The Balaban J connectivity index is 0.00000320. The molecule has 160 valence electrons. The summed E-state index contributed by atoms with van der Waals surface area (Å²) < 4.78 is 1.04. The monoisotopic (exact) mass is 448 g/mol. The van der Waals surface area contributed by atoms with Crippen LogP contribution in [0.15, 0.2) is 36.4 Å². The molecule has 0 fully saturated rings. The number of halogens is 1. The summed E-state index contributed by atoms with van der Waals surface area (Å²) in [6, 6.07) is 9.86. The number of thiazole rings is 1. The van der Waals surface area contributed by atoms with Crippen LogP contribution in [0.4, 0.5) is 10.8 Å². The van der Waals surface area contributed by atoms with Crippen molar-refractivity contribution in [3.63, 3.8) is 0 Å². The Morgan fingerprint density at radius 1 is 1.10 bits per heavy atom. The van der Waals surface area contributed by atoms with Gasteiger partial charge in [-0.2, -0.15) is 0 Å². The molecule has 0 saturated heterocycles. The Hall–Kier alpha value is -2.55. The third-order valence-electron chi connectivity index (χ3n) is 4.78. The maximum Gasteiger partial charge on any atom is 0.269 e. The van der Waals surface area contributed by atoms with Gasteiger partial charge in [-0.3, -0.25) is 19.8 Å². The average molecular weight is 449 g/mol. The summed E-state index contributed by atoms with van der Waals surface area (Å²) in [6.07, 6.45) is 0.791. The van der Waals surface area contributed by atoms with Gasteiger partial charge < -0.3 is 4.90 Å². The highest BCUT2D eigenvalue weighted by atomic mass is 35.5. The summed E-state index contributed by atoms with van der Waals surface area (Å²) in [7, 11) is 3.98. The van der Waals surface area contributed by atoms with Crippen LogP contribution < -0.4 is 4.90 Å². The second-order valence-electron chi connectivity index (χ2n) is 7.32. The van der Waals surface area contributed by atoms with Gasteiger partial charge in [0.2, 0.25) is 0 Å². The molecule has 3 aromatic rings. The Kier molecular flexibility index (Phi) is 7.89. The van der Waals surface area contributed by atoms with E-state index in [1.807, 2.05) is 27.1 Å². The number of benzene rings is 2. The van der Waals surface area contributed by atoms with E-state index in [4.69, 9.17) is 4.98 Å². The summed E-state index contributed by atoms with van der Waals surface area (Å²) in [5, 5.41) is 11.5. The SMILES string of the molecule is Cc1cc2nc(N(CCCN(C)C)C(=O)c3ccc([N+](=O)[O-])cc3)sc2cc1C.Cl. The number of hydrogen-bond donors (Lipinski definition) is 0. The van der Waals surface area contributed by atoms with E-state index in [0.717, 1.165) is 28.7 Å². The van der Waals surface area contributed by atoms with Crippen molar-refractivity contribution in [2.24, 2.45) is 0 Å². The Morgan fingerprint density at radius 2 is 1.73 bits per heavy atom. The number of hydrogen-bond acceptors (Lipinski definition) is 6. The fraction of sp³-hybridized carbons (Fsp3) is 0.333. The zero-order valence-electron chi connectivity index (χ0n) is 17.4. The topological polar surface area (TPSA) is 79.6 Å². The van der Waals surface area contributed by atoms with Gasteiger partial charge in [-0.05, 0) is 76.3 Å². The van der Waals surface area contributed by atoms with Gasteiger partial charge in [0.15, 0.2) is 5.13 Å². The molecule has 30 heavy (non-hydrogen) atoms. The summed E-state index contributed by atoms with van der Waals surface area (Å²) in [6.45, 7) is 5.47. The second-order valence-corrected chi connectivity index (χ2v) is 8.33. The van der Waals surface area contributed by atoms with Crippen molar-refractivity contribution < 1.29 is 9.72 Å². The Bertz CT molecular complexity index is 1010. The van der Waals surface area contributed by atoms with Gasteiger partial charge in [0.25, 0.3) is 11.6 Å². The highest BCUT2D eigenvalue weighted by molar-refractivity contribution is 7.22. The Morgan fingerprint density at radius 3 is 2.33 bits per heavy atom. The number of non-ortho nitro benzene ring substituents is 1. The van der Waals surface area contributed by atoms with Crippen LogP contribution in [0.25, 0.3) is 10.2 Å². The summed E-state index contributed by atoms with van der Waals surface area (Å²) in [4.78, 5) is 32.1. The lowest BCUT2D eigenvalue weighted by molar-refractivity contribution is -0.384. The zero-order chi connectivity index (χ0) is 21.1. The van der Waals surface area contributed by atoms with Crippen molar-refractivity contribution in [1.29, 1.82) is 0 Å². The number of aromatic nitrogens is 1. The van der Waals surface area contributed by atoms with E-state index < -0.39 is 4.92 Å². The number of nitrogens with zero attached hydrogens (tertiary/aromatic N) is 4. The number of fused-ring (bicyclic) bond motifs is 1. The number of carbonyl (C=O) groups excluding carboxylic acids is 1. The van der Waals surface area contributed by atoms with Gasteiger partial charge >= 0.3 is 0 Å². The number of aryl methyl sites for hydroxylation is 2. The molecule has 0 bridgehead atoms. The lowest BCUT2D eigenvalue weighted by Crippen LogP contribution is -2.33. The van der Waals surface area contributed by atoms with Gasteiger partial charge in [0.1, 0.15) is 0 Å². The molecule has 3 rings (SSSR count). The third kappa shape index (κ3) is 5.33. The van der Waals surface area contributed by atoms with Gasteiger partial charge in [-0.15, -0.1) is 12.4 Å². The summed E-state index contributed by atoms with van der Waals surface area (Å²) in [5.74, 6) is -0.203. The molecular weight excluding hydrogens is 424 g/mol. The number of rotatable bonds is 7. The highest BCUT2D eigenvalue weighted by Gasteiger charge is 2.22. The average Bonchev–Trinajstić information content (AvgIpc) is 3.07. The smallest absolute Gasteiger partial charge is 0.269 e. The van der Waals surface area contributed by atoms with E-state index in [-0.39, 0.29) is 24.0 Å². The standard InChI is InChI=1S/C21H24N4O3S.ClH/c1-14-12-18-19(13-15(14)2)29-21(22-18)24(11-5-10-23(3)4)20(26)16-6-8-17(9-7-16)25(27)28;/h6-9,12-13H,5,10-11H2,1-4H3;1H. The fourth-order valence-electron chi connectivity index (χ4n) is 2.99. The molecule has 7 nitrogen and oxygen atoms in total. The largest absolute Gasteiger partial charge is 0.309 e. The highest BCUT2D eigenvalue weighted by Crippen LogP contribution is 2.32. The lowest BCUT2D eigenvalue weighted by atomic mass is 10.1. The summed E-state index contributed by atoms with van der Waals surface area (Å²) in [5.41, 5.74) is 3.60. The number of amides is 1. The molecule has 9 heteroatoms. The normalized spacial score (nSPS) is 10.8. The molecule has 0 aliphatic rings. The lowest BCUT2D eigenvalue weighted by Gasteiger charge is -2.21. The minimum absolute atomic E-state index is 0. The van der Waals surface area contributed by atoms with Gasteiger partial charge in [0.05, 0.1) is 15.1 Å². The van der Waals surface area contributed by atoms with Crippen LogP contribution in [0.3, 0.4) is 0 Å². The van der Waals surface area contributed by atoms with Crippen LogP contribution in [-0.2, 0) is 0 Å². The quantitative estimate of drug-likeness (QED) is 0.381. The van der Waals surface area contributed by atoms with Crippen LogP contribution in [0.2, 0.25) is 0 Å². The van der Waals surface area contributed by atoms with Crippen LogP contribution in [-0.4, -0.2) is 47.9 Å². The fourth-order valence-corrected chi connectivity index (χ4v) is 4.06. The first-order valence-corrected chi connectivity index (χ1v) is 10.2. The molecule has 0 N–H and O–H groups in total. The van der Waals surface area contributed by atoms with Gasteiger partial charge in [0, 0.05) is 24.2 Å². The predicted molar refractivity (Wildman–Crippen MR) is 124 cm³/mol. The second kappa shape index (κ2) is 9.97. The molecule has 0 radical (unpaired) electrons. The molecule has 1 amide bonds. The Labute approximate surface area is 185 Å². The van der Waals surface area contributed by atoms with Gasteiger partial charge in [-0.25, -0.2) is 4.98 Å². The van der Waals surface area contributed by atoms with Crippen molar-refractivity contribution >= 4 is 50.7 Å². The minimum Gasteiger partial charge on any atom is -0.309 e.